The third-order valence-corrected chi connectivity index (χ3v) is 1.60. The van der Waals surface area contributed by atoms with E-state index in [2.05, 4.69) is 4.42 Å². The zero-order chi connectivity index (χ0) is 10.8. The first kappa shape index (κ1) is 10.9. The highest BCUT2D eigenvalue weighted by molar-refractivity contribution is 6.32. The van der Waals surface area contributed by atoms with Crippen molar-refractivity contribution < 1.29 is 22.4 Å². The van der Waals surface area contributed by atoms with Gasteiger partial charge in [-0.25, -0.2) is 0 Å². The number of rotatable bonds is 2. The molecule has 0 spiro atoms. The fourth-order valence-corrected chi connectivity index (χ4v) is 0.932. The van der Waals surface area contributed by atoms with Crippen molar-refractivity contribution in [1.29, 1.82) is 0 Å². The van der Waals surface area contributed by atoms with Gasteiger partial charge < -0.3 is 9.73 Å². The highest BCUT2D eigenvalue weighted by Gasteiger charge is 2.28. The van der Waals surface area contributed by atoms with Gasteiger partial charge in [0.15, 0.2) is 0 Å². The summed E-state index contributed by atoms with van der Waals surface area (Å²) in [7, 11) is 0. The second-order valence-corrected chi connectivity index (χ2v) is 2.75. The molecule has 14 heavy (non-hydrogen) atoms. The Kier molecular flexibility index (Phi) is 3.05. The van der Waals surface area contributed by atoms with Gasteiger partial charge in [-0.3, -0.25) is 4.79 Å². The Bertz CT molecular complexity index is 334. The molecule has 0 fully saturated rings. The van der Waals surface area contributed by atoms with Gasteiger partial charge in [-0.15, -0.1) is 0 Å². The summed E-state index contributed by atoms with van der Waals surface area (Å²) in [6, 6.07) is 1.19. The van der Waals surface area contributed by atoms with Crippen LogP contribution in [0.4, 0.5) is 13.2 Å². The van der Waals surface area contributed by atoms with Crippen molar-refractivity contribution in [2.45, 2.75) is 6.18 Å². The summed E-state index contributed by atoms with van der Waals surface area (Å²) >= 11 is 5.38. The lowest BCUT2D eigenvalue weighted by molar-refractivity contribution is -0.123. The topological polar surface area (TPSA) is 42.2 Å². The maximum atomic E-state index is 11.7. The Morgan fingerprint density at radius 3 is 2.64 bits per heavy atom. The van der Waals surface area contributed by atoms with Crippen LogP contribution in [0.5, 0.6) is 0 Å². The van der Waals surface area contributed by atoms with Gasteiger partial charge in [0.05, 0.1) is 11.8 Å². The Morgan fingerprint density at radius 2 is 2.21 bits per heavy atom. The van der Waals surface area contributed by atoms with E-state index in [4.69, 9.17) is 11.6 Å². The third-order valence-electron chi connectivity index (χ3n) is 1.31. The van der Waals surface area contributed by atoms with E-state index in [1.165, 1.54) is 6.07 Å². The van der Waals surface area contributed by atoms with Crippen molar-refractivity contribution in [3.63, 3.8) is 0 Å². The average molecular weight is 228 g/mol. The van der Waals surface area contributed by atoms with Crippen LogP contribution in [0.25, 0.3) is 0 Å². The summed E-state index contributed by atoms with van der Waals surface area (Å²) in [4.78, 5) is 11.0. The molecule has 0 aromatic carbocycles. The average Bonchev–Trinajstić information content (AvgIpc) is 2.46. The first-order chi connectivity index (χ1) is 6.40. The SMILES string of the molecule is O=C(NCC(F)(F)F)c1ccoc1Cl. The molecule has 0 saturated heterocycles. The third kappa shape index (κ3) is 2.95. The molecule has 1 amide bonds. The number of carbonyl (C=O) groups excluding carboxylic acids is 1. The maximum absolute atomic E-state index is 11.7. The van der Waals surface area contributed by atoms with Crippen LogP contribution in [-0.4, -0.2) is 18.6 Å². The smallest absolute Gasteiger partial charge is 0.405 e. The van der Waals surface area contributed by atoms with E-state index in [1.54, 1.807) is 5.32 Å². The highest BCUT2D eigenvalue weighted by atomic mass is 35.5. The number of carbonyl (C=O) groups is 1. The van der Waals surface area contributed by atoms with Crippen molar-refractivity contribution in [1.82, 2.24) is 5.32 Å². The van der Waals surface area contributed by atoms with E-state index < -0.39 is 18.6 Å². The van der Waals surface area contributed by atoms with Gasteiger partial charge in [0.25, 0.3) is 5.91 Å². The molecule has 1 N–H and O–H groups in total. The standard InChI is InChI=1S/C7H5ClF3NO2/c8-5-4(1-2-14-5)6(13)12-3-7(9,10)11/h1-2H,3H2,(H,12,13). The first-order valence-electron chi connectivity index (χ1n) is 3.48. The molecular weight excluding hydrogens is 223 g/mol. The lowest BCUT2D eigenvalue weighted by Gasteiger charge is -2.06. The van der Waals surface area contributed by atoms with Crippen molar-refractivity contribution >= 4 is 17.5 Å². The van der Waals surface area contributed by atoms with E-state index >= 15 is 0 Å². The highest BCUT2D eigenvalue weighted by Crippen LogP contribution is 2.17. The van der Waals surface area contributed by atoms with Crippen LogP contribution in [0.15, 0.2) is 16.7 Å². The zero-order valence-electron chi connectivity index (χ0n) is 6.69. The Labute approximate surface area is 81.8 Å². The summed E-state index contributed by atoms with van der Waals surface area (Å²) in [6.07, 6.45) is -3.32. The van der Waals surface area contributed by atoms with Gasteiger partial charge in [0, 0.05) is 0 Å². The fourth-order valence-electron chi connectivity index (χ4n) is 0.731. The fraction of sp³-hybridized carbons (Fsp3) is 0.286. The Balaban J connectivity index is 2.56. The number of alkyl halides is 3. The molecule has 0 aliphatic heterocycles. The normalized spacial score (nSPS) is 11.4. The molecule has 1 aromatic rings. The number of furan rings is 1. The van der Waals surface area contributed by atoms with E-state index in [0.29, 0.717) is 0 Å². The van der Waals surface area contributed by atoms with Gasteiger partial charge in [-0.2, -0.15) is 13.2 Å². The molecule has 0 aliphatic rings. The van der Waals surface area contributed by atoms with E-state index in [1.807, 2.05) is 0 Å². The second-order valence-electron chi connectivity index (χ2n) is 2.41. The van der Waals surface area contributed by atoms with Crippen LogP contribution in [0.3, 0.4) is 0 Å². The van der Waals surface area contributed by atoms with Gasteiger partial charge in [-0.1, -0.05) is 0 Å². The Hall–Kier alpha value is -1.17. The van der Waals surface area contributed by atoms with Gasteiger partial charge in [0.1, 0.15) is 6.54 Å². The molecular formula is C7H5ClF3NO2. The lowest BCUT2D eigenvalue weighted by Crippen LogP contribution is -2.33. The summed E-state index contributed by atoms with van der Waals surface area (Å²) < 4.78 is 39.6. The van der Waals surface area contributed by atoms with E-state index in [-0.39, 0.29) is 10.8 Å². The van der Waals surface area contributed by atoms with Crippen molar-refractivity contribution in [3.05, 3.63) is 23.1 Å². The molecule has 0 aliphatic carbocycles. The molecule has 7 heteroatoms. The minimum Gasteiger partial charge on any atom is -0.452 e. The van der Waals surface area contributed by atoms with Crippen LogP contribution in [0.1, 0.15) is 10.4 Å². The van der Waals surface area contributed by atoms with E-state index in [0.717, 1.165) is 6.26 Å². The molecule has 3 nitrogen and oxygen atoms in total. The molecule has 0 saturated carbocycles. The zero-order valence-corrected chi connectivity index (χ0v) is 7.45. The predicted molar refractivity (Wildman–Crippen MR) is 42.1 cm³/mol. The Morgan fingerprint density at radius 1 is 1.57 bits per heavy atom. The molecule has 0 atom stereocenters. The number of nitrogens with one attached hydrogen (secondary N) is 1. The summed E-state index contributed by atoms with van der Waals surface area (Å²) in [5.41, 5.74) is -0.115. The molecule has 0 bridgehead atoms. The van der Waals surface area contributed by atoms with Crippen LogP contribution in [0.2, 0.25) is 5.22 Å². The predicted octanol–water partition coefficient (Wildman–Crippen LogP) is 2.23. The van der Waals surface area contributed by atoms with Crippen LogP contribution >= 0.6 is 11.6 Å². The maximum Gasteiger partial charge on any atom is 0.405 e. The minimum atomic E-state index is -4.44. The van der Waals surface area contributed by atoms with Crippen LogP contribution in [-0.2, 0) is 0 Å². The molecule has 1 rings (SSSR count). The lowest BCUT2D eigenvalue weighted by atomic mass is 10.3. The van der Waals surface area contributed by atoms with Gasteiger partial charge >= 0.3 is 6.18 Å². The largest absolute Gasteiger partial charge is 0.452 e. The van der Waals surface area contributed by atoms with Crippen molar-refractivity contribution in [3.8, 4) is 0 Å². The summed E-state index contributed by atoms with van der Waals surface area (Å²) in [5, 5.41) is 1.43. The van der Waals surface area contributed by atoms with E-state index in [9.17, 15) is 18.0 Å². The van der Waals surface area contributed by atoms with Crippen molar-refractivity contribution in [2.24, 2.45) is 0 Å². The van der Waals surface area contributed by atoms with Crippen LogP contribution < -0.4 is 5.32 Å². The van der Waals surface area contributed by atoms with Crippen molar-refractivity contribution in [2.75, 3.05) is 6.54 Å². The monoisotopic (exact) mass is 227 g/mol. The van der Waals surface area contributed by atoms with Crippen LogP contribution in [0, 0.1) is 0 Å². The molecule has 1 aromatic heterocycles. The quantitative estimate of drug-likeness (QED) is 0.842. The van der Waals surface area contributed by atoms with Gasteiger partial charge in [-0.05, 0) is 17.7 Å². The number of hydrogen-bond donors (Lipinski definition) is 1. The summed E-state index contributed by atoms with van der Waals surface area (Å²) in [6.45, 7) is -1.40. The minimum absolute atomic E-state index is 0.115. The molecule has 1 heterocycles. The summed E-state index contributed by atoms with van der Waals surface area (Å²) in [5.74, 6) is -0.916. The van der Waals surface area contributed by atoms with Gasteiger partial charge in [0.2, 0.25) is 5.22 Å². The number of amides is 1. The first-order valence-corrected chi connectivity index (χ1v) is 3.86. The number of hydrogen-bond acceptors (Lipinski definition) is 2. The molecule has 0 unspecified atom stereocenters. The molecule has 78 valence electrons. The number of halogens is 4. The molecule has 0 radical (unpaired) electrons. The second kappa shape index (κ2) is 3.91.